The molecule has 1 aliphatic rings. The van der Waals surface area contributed by atoms with Gasteiger partial charge in [0.1, 0.15) is 0 Å². The molecule has 1 atom stereocenters. The minimum atomic E-state index is -0.729. The maximum Gasteiger partial charge on any atom is 0.304 e. The fraction of sp³-hybridized carbons (Fsp3) is 0.368. The molecule has 1 N–H and O–H groups in total. The highest BCUT2D eigenvalue weighted by molar-refractivity contribution is 5.66. The second kappa shape index (κ2) is 8.04. The molecule has 5 nitrogen and oxygen atoms in total. The second-order valence-corrected chi connectivity index (χ2v) is 6.09. The number of pyridine rings is 1. The molecule has 1 aliphatic heterocycles. The van der Waals surface area contributed by atoms with E-state index in [0.717, 1.165) is 31.9 Å². The van der Waals surface area contributed by atoms with Crippen LogP contribution in [-0.4, -0.2) is 58.6 Å². The number of carbonyl (C=O) groups is 1. The van der Waals surface area contributed by atoms with Gasteiger partial charge in [-0.2, -0.15) is 0 Å². The zero-order chi connectivity index (χ0) is 16.8. The van der Waals surface area contributed by atoms with Crippen LogP contribution in [0, 0.1) is 0 Å². The monoisotopic (exact) mass is 325 g/mol. The van der Waals surface area contributed by atoms with Crippen molar-refractivity contribution in [3.8, 4) is 0 Å². The zero-order valence-electron chi connectivity index (χ0n) is 13.7. The highest BCUT2D eigenvalue weighted by atomic mass is 16.4. The summed E-state index contributed by atoms with van der Waals surface area (Å²) in [5.74, 6) is -0.729. The number of aromatic nitrogens is 1. The predicted octanol–water partition coefficient (Wildman–Crippen LogP) is 2.26. The van der Waals surface area contributed by atoms with Crippen molar-refractivity contribution in [1.82, 2.24) is 14.8 Å². The summed E-state index contributed by atoms with van der Waals surface area (Å²) < 4.78 is 0. The van der Waals surface area contributed by atoms with Crippen LogP contribution in [-0.2, 0) is 4.79 Å². The van der Waals surface area contributed by atoms with Crippen LogP contribution in [0.5, 0.6) is 0 Å². The molecule has 126 valence electrons. The third-order valence-corrected chi connectivity index (χ3v) is 4.50. The molecule has 2 heterocycles. The molecule has 0 saturated carbocycles. The number of rotatable bonds is 6. The van der Waals surface area contributed by atoms with Crippen molar-refractivity contribution in [2.45, 2.75) is 12.5 Å². The Kier molecular flexibility index (Phi) is 5.56. The van der Waals surface area contributed by atoms with Crippen LogP contribution >= 0.6 is 0 Å². The number of hydrogen-bond donors (Lipinski definition) is 1. The van der Waals surface area contributed by atoms with E-state index in [1.807, 2.05) is 24.4 Å². The predicted molar refractivity (Wildman–Crippen MR) is 92.8 cm³/mol. The van der Waals surface area contributed by atoms with Gasteiger partial charge >= 0.3 is 5.97 Å². The summed E-state index contributed by atoms with van der Waals surface area (Å²) in [6, 6.07) is 16.7. The van der Waals surface area contributed by atoms with Crippen LogP contribution < -0.4 is 0 Å². The Morgan fingerprint density at radius 2 is 1.75 bits per heavy atom. The van der Waals surface area contributed by atoms with Crippen molar-refractivity contribution >= 4 is 5.97 Å². The molecule has 0 aliphatic carbocycles. The topological polar surface area (TPSA) is 56.7 Å². The number of hydrogen-bond acceptors (Lipinski definition) is 4. The maximum absolute atomic E-state index is 10.7. The number of nitrogens with zero attached hydrogens (tertiary/aromatic N) is 3. The molecule has 0 bridgehead atoms. The van der Waals surface area contributed by atoms with E-state index in [-0.39, 0.29) is 12.5 Å². The quantitative estimate of drug-likeness (QED) is 0.883. The van der Waals surface area contributed by atoms with E-state index in [1.54, 1.807) is 0 Å². The fourth-order valence-electron chi connectivity index (χ4n) is 3.24. The van der Waals surface area contributed by atoms with E-state index >= 15 is 0 Å². The van der Waals surface area contributed by atoms with Crippen molar-refractivity contribution in [3.05, 3.63) is 66.0 Å². The second-order valence-electron chi connectivity index (χ2n) is 6.09. The molecule has 0 radical (unpaired) electrons. The molecule has 0 amide bonds. The lowest BCUT2D eigenvalue weighted by molar-refractivity contribution is -0.137. The standard InChI is InChI=1S/C19H23N3O2/c23-18(24)9-11-21-12-14-22(15-13-21)19(16-6-2-1-3-7-16)17-8-4-5-10-20-17/h1-8,10,19H,9,11-15H2,(H,23,24). The molecule has 1 unspecified atom stereocenters. The first-order valence-electron chi connectivity index (χ1n) is 8.38. The summed E-state index contributed by atoms with van der Waals surface area (Å²) in [6.07, 6.45) is 2.05. The minimum Gasteiger partial charge on any atom is -0.481 e. The molecule has 1 aromatic heterocycles. The Balaban J connectivity index is 1.73. The van der Waals surface area contributed by atoms with Gasteiger partial charge in [0.25, 0.3) is 0 Å². The fourth-order valence-corrected chi connectivity index (χ4v) is 3.24. The molecule has 2 aromatic rings. The normalized spacial score (nSPS) is 17.5. The van der Waals surface area contributed by atoms with E-state index < -0.39 is 5.97 Å². The van der Waals surface area contributed by atoms with Crippen molar-refractivity contribution < 1.29 is 9.90 Å². The van der Waals surface area contributed by atoms with E-state index in [9.17, 15) is 4.79 Å². The first-order valence-corrected chi connectivity index (χ1v) is 8.38. The molecule has 0 spiro atoms. The summed E-state index contributed by atoms with van der Waals surface area (Å²) >= 11 is 0. The van der Waals surface area contributed by atoms with Gasteiger partial charge in [-0.1, -0.05) is 36.4 Å². The van der Waals surface area contributed by atoms with Crippen molar-refractivity contribution in [1.29, 1.82) is 0 Å². The van der Waals surface area contributed by atoms with Crippen LogP contribution in [0.4, 0.5) is 0 Å². The van der Waals surface area contributed by atoms with Crippen molar-refractivity contribution in [2.24, 2.45) is 0 Å². The summed E-state index contributed by atoms with van der Waals surface area (Å²) in [6.45, 7) is 4.24. The van der Waals surface area contributed by atoms with Crippen molar-refractivity contribution in [3.63, 3.8) is 0 Å². The average Bonchev–Trinajstić information content (AvgIpc) is 2.63. The molecule has 24 heavy (non-hydrogen) atoms. The van der Waals surface area contributed by atoms with Gasteiger partial charge in [-0.3, -0.25) is 14.7 Å². The summed E-state index contributed by atoms with van der Waals surface area (Å²) in [7, 11) is 0. The summed E-state index contributed by atoms with van der Waals surface area (Å²) in [5, 5.41) is 8.84. The highest BCUT2D eigenvalue weighted by Crippen LogP contribution is 2.28. The summed E-state index contributed by atoms with van der Waals surface area (Å²) in [4.78, 5) is 20.0. The average molecular weight is 325 g/mol. The van der Waals surface area contributed by atoms with Gasteiger partial charge in [0.05, 0.1) is 18.2 Å². The first kappa shape index (κ1) is 16.6. The van der Waals surface area contributed by atoms with E-state index in [4.69, 9.17) is 5.11 Å². The zero-order valence-corrected chi connectivity index (χ0v) is 13.7. The molecule has 1 saturated heterocycles. The Morgan fingerprint density at radius 1 is 1.04 bits per heavy atom. The number of piperazine rings is 1. The molecule has 1 fully saturated rings. The summed E-state index contributed by atoms with van der Waals surface area (Å²) in [5.41, 5.74) is 2.30. The third-order valence-electron chi connectivity index (χ3n) is 4.50. The van der Waals surface area contributed by atoms with E-state index in [1.165, 1.54) is 5.56 Å². The van der Waals surface area contributed by atoms with E-state index in [0.29, 0.717) is 6.54 Å². The van der Waals surface area contributed by atoms with Gasteiger partial charge in [0.15, 0.2) is 0 Å². The lowest BCUT2D eigenvalue weighted by Crippen LogP contribution is -2.48. The van der Waals surface area contributed by atoms with Crippen LogP contribution in [0.1, 0.15) is 23.7 Å². The van der Waals surface area contributed by atoms with Gasteiger partial charge in [-0.15, -0.1) is 0 Å². The SMILES string of the molecule is O=C(O)CCN1CCN(C(c2ccccc2)c2ccccn2)CC1. The Bertz CT molecular complexity index is 601. The molecular weight excluding hydrogens is 302 g/mol. The highest BCUT2D eigenvalue weighted by Gasteiger charge is 2.27. The molecule has 3 rings (SSSR count). The van der Waals surface area contributed by atoms with Crippen LogP contribution in [0.3, 0.4) is 0 Å². The number of benzene rings is 1. The molecule has 5 heteroatoms. The number of carboxylic acid groups (broad SMARTS) is 1. The van der Waals surface area contributed by atoms with Gasteiger partial charge in [0, 0.05) is 38.9 Å². The van der Waals surface area contributed by atoms with Crippen LogP contribution in [0.2, 0.25) is 0 Å². The Labute approximate surface area is 142 Å². The van der Waals surface area contributed by atoms with Crippen LogP contribution in [0.25, 0.3) is 0 Å². The lowest BCUT2D eigenvalue weighted by atomic mass is 10.0. The Morgan fingerprint density at radius 3 is 2.38 bits per heavy atom. The largest absolute Gasteiger partial charge is 0.481 e. The van der Waals surface area contributed by atoms with Gasteiger partial charge in [0.2, 0.25) is 0 Å². The van der Waals surface area contributed by atoms with Crippen molar-refractivity contribution in [2.75, 3.05) is 32.7 Å². The van der Waals surface area contributed by atoms with Gasteiger partial charge in [-0.05, 0) is 17.7 Å². The van der Waals surface area contributed by atoms with Gasteiger partial charge in [-0.25, -0.2) is 0 Å². The Hall–Kier alpha value is -2.24. The molecule has 1 aromatic carbocycles. The van der Waals surface area contributed by atoms with Gasteiger partial charge < -0.3 is 10.0 Å². The lowest BCUT2D eigenvalue weighted by Gasteiger charge is -2.39. The maximum atomic E-state index is 10.7. The van der Waals surface area contributed by atoms with Crippen LogP contribution in [0.15, 0.2) is 54.7 Å². The third kappa shape index (κ3) is 4.19. The first-order chi connectivity index (χ1) is 11.7. The minimum absolute atomic E-state index is 0.147. The van der Waals surface area contributed by atoms with E-state index in [2.05, 4.69) is 45.1 Å². The molecular formula is C19H23N3O2. The smallest absolute Gasteiger partial charge is 0.304 e. The number of aliphatic carboxylic acids is 1. The number of carboxylic acids is 1.